The largest absolute Gasteiger partial charge is 0.494 e. The first-order chi connectivity index (χ1) is 12.9. The van der Waals surface area contributed by atoms with Crippen LogP contribution in [0.5, 0.6) is 5.88 Å². The molecule has 138 valence electrons. The summed E-state index contributed by atoms with van der Waals surface area (Å²) in [4.78, 5) is 7.35. The number of hydrogen-bond acceptors (Lipinski definition) is 5. The average Bonchev–Trinajstić information content (AvgIpc) is 2.95. The van der Waals surface area contributed by atoms with Gasteiger partial charge in [0.25, 0.3) is 0 Å². The molecule has 0 spiro atoms. The molecule has 0 aliphatic carbocycles. The molecule has 4 rings (SSSR count). The number of fused-ring (bicyclic) bond motifs is 2. The van der Waals surface area contributed by atoms with Gasteiger partial charge in [0.15, 0.2) is 5.88 Å². The zero-order valence-corrected chi connectivity index (χ0v) is 15.3. The maximum Gasteiger partial charge on any atom is 0.232 e. The first-order valence-corrected chi connectivity index (χ1v) is 10.0. The maximum absolute atomic E-state index is 11.9. The monoisotopic (exact) mass is 382 g/mol. The molecule has 0 aliphatic rings. The van der Waals surface area contributed by atoms with Crippen LogP contribution >= 0.6 is 0 Å². The molecule has 0 radical (unpaired) electrons. The summed E-state index contributed by atoms with van der Waals surface area (Å²) >= 11 is 0. The van der Waals surface area contributed by atoms with Gasteiger partial charge in [-0.1, -0.05) is 24.3 Å². The number of anilines is 2. The van der Waals surface area contributed by atoms with Crippen molar-refractivity contribution >= 4 is 43.2 Å². The number of nitrogens with two attached hydrogens (primary N) is 1. The van der Waals surface area contributed by atoms with Crippen molar-refractivity contribution in [1.29, 1.82) is 0 Å². The molecule has 0 unspecified atom stereocenters. The number of H-pyrrole nitrogens is 1. The zero-order chi connectivity index (χ0) is 19.2. The summed E-state index contributed by atoms with van der Waals surface area (Å²) in [5, 5.41) is 12.9. The summed E-state index contributed by atoms with van der Waals surface area (Å²) < 4.78 is 26.3. The Bertz CT molecular complexity index is 1280. The zero-order valence-electron chi connectivity index (χ0n) is 14.5. The van der Waals surface area contributed by atoms with E-state index in [0.717, 1.165) is 10.8 Å². The Morgan fingerprint density at radius 1 is 1.15 bits per heavy atom. The number of nitrogen functional groups attached to an aromatic ring is 1. The molecule has 2 aromatic carbocycles. The van der Waals surface area contributed by atoms with Gasteiger partial charge in [-0.25, -0.2) is 13.4 Å². The third kappa shape index (κ3) is 3.04. The van der Waals surface area contributed by atoms with E-state index in [9.17, 15) is 13.5 Å². The lowest BCUT2D eigenvalue weighted by Gasteiger charge is -2.09. The number of aromatic hydroxyl groups is 1. The van der Waals surface area contributed by atoms with Crippen molar-refractivity contribution < 1.29 is 13.5 Å². The number of rotatable bonds is 4. The van der Waals surface area contributed by atoms with Crippen molar-refractivity contribution in [3.05, 3.63) is 48.5 Å². The van der Waals surface area contributed by atoms with E-state index in [2.05, 4.69) is 14.7 Å². The Balaban J connectivity index is 1.98. The summed E-state index contributed by atoms with van der Waals surface area (Å²) in [5.74, 6) is 0.251. The van der Waals surface area contributed by atoms with Gasteiger partial charge in [0, 0.05) is 22.0 Å². The number of benzene rings is 2. The van der Waals surface area contributed by atoms with Crippen LogP contribution in [0, 0.1) is 0 Å². The molecule has 0 bridgehead atoms. The maximum atomic E-state index is 11.9. The highest BCUT2D eigenvalue weighted by Crippen LogP contribution is 2.40. The van der Waals surface area contributed by atoms with Gasteiger partial charge in [0.05, 0.1) is 17.0 Å². The van der Waals surface area contributed by atoms with Crippen LogP contribution in [0.1, 0.15) is 6.92 Å². The normalized spacial score (nSPS) is 11.9. The summed E-state index contributed by atoms with van der Waals surface area (Å²) in [7, 11) is -3.41. The molecular formula is C19H18N4O3S. The minimum atomic E-state index is -3.41. The Morgan fingerprint density at radius 3 is 2.70 bits per heavy atom. The Labute approximate surface area is 155 Å². The molecule has 7 nitrogen and oxygen atoms in total. The van der Waals surface area contributed by atoms with Crippen LogP contribution < -0.4 is 10.5 Å². The average molecular weight is 382 g/mol. The van der Waals surface area contributed by atoms with Gasteiger partial charge >= 0.3 is 0 Å². The van der Waals surface area contributed by atoms with Crippen LogP contribution in [0.4, 0.5) is 11.5 Å². The fraction of sp³-hybridized carbons (Fsp3) is 0.105. The topological polar surface area (TPSA) is 121 Å². The molecule has 27 heavy (non-hydrogen) atoms. The van der Waals surface area contributed by atoms with E-state index < -0.39 is 10.0 Å². The van der Waals surface area contributed by atoms with E-state index in [0.29, 0.717) is 33.7 Å². The number of nitrogens with one attached hydrogen (secondary N) is 2. The highest BCUT2D eigenvalue weighted by molar-refractivity contribution is 7.92. The fourth-order valence-corrected chi connectivity index (χ4v) is 3.77. The molecule has 2 aromatic heterocycles. The first kappa shape index (κ1) is 17.2. The van der Waals surface area contributed by atoms with Crippen LogP contribution in [0.3, 0.4) is 0 Å². The molecule has 8 heteroatoms. The van der Waals surface area contributed by atoms with Crippen LogP contribution in [0.25, 0.3) is 32.9 Å². The smallest absolute Gasteiger partial charge is 0.232 e. The number of sulfonamides is 1. The second-order valence-electron chi connectivity index (χ2n) is 6.23. The molecule has 4 aromatic rings. The van der Waals surface area contributed by atoms with E-state index in [-0.39, 0.29) is 11.6 Å². The second kappa shape index (κ2) is 6.17. The predicted molar refractivity (Wildman–Crippen MR) is 108 cm³/mol. The highest BCUT2D eigenvalue weighted by Gasteiger charge is 2.18. The minimum Gasteiger partial charge on any atom is -0.494 e. The third-order valence-electron chi connectivity index (χ3n) is 4.43. The molecule has 0 saturated heterocycles. The van der Waals surface area contributed by atoms with Crippen molar-refractivity contribution in [3.63, 3.8) is 0 Å². The summed E-state index contributed by atoms with van der Waals surface area (Å²) in [5.41, 5.74) is 8.05. The molecule has 2 heterocycles. The number of pyridine rings is 1. The van der Waals surface area contributed by atoms with Crippen LogP contribution in [0.15, 0.2) is 48.5 Å². The lowest BCUT2D eigenvalue weighted by Crippen LogP contribution is -2.14. The first-order valence-electron chi connectivity index (χ1n) is 8.39. The van der Waals surface area contributed by atoms with Crippen molar-refractivity contribution in [2.75, 3.05) is 16.2 Å². The van der Waals surface area contributed by atoms with Gasteiger partial charge in [-0.05, 0) is 36.6 Å². The summed E-state index contributed by atoms with van der Waals surface area (Å²) in [6, 6.07) is 14.4. The number of hydrogen-bond donors (Lipinski definition) is 4. The van der Waals surface area contributed by atoms with Gasteiger partial charge < -0.3 is 15.8 Å². The van der Waals surface area contributed by atoms with Crippen LogP contribution in [0.2, 0.25) is 0 Å². The van der Waals surface area contributed by atoms with Gasteiger partial charge in [-0.15, -0.1) is 0 Å². The van der Waals surface area contributed by atoms with Gasteiger partial charge in [-0.3, -0.25) is 4.72 Å². The number of aromatic nitrogens is 2. The third-order valence-corrected chi connectivity index (χ3v) is 5.74. The second-order valence-corrected chi connectivity index (χ2v) is 8.24. The predicted octanol–water partition coefficient (Wildman–Crippen LogP) is 3.43. The van der Waals surface area contributed by atoms with E-state index in [1.165, 1.54) is 0 Å². The van der Waals surface area contributed by atoms with Crippen molar-refractivity contribution in [3.8, 4) is 17.1 Å². The highest BCUT2D eigenvalue weighted by atomic mass is 32.2. The van der Waals surface area contributed by atoms with E-state index in [1.807, 2.05) is 24.3 Å². The van der Waals surface area contributed by atoms with Crippen LogP contribution in [-0.4, -0.2) is 29.2 Å². The SMILES string of the molecule is CCS(=O)(=O)Nc1ccc2[nH]c(O)c(-c3nc(N)cc4ccccc34)c2c1. The standard InChI is InChI=1S/C19H18N4O3S/c1-2-27(25,26)23-12-7-8-15-14(10-12)17(19(24)21-15)18-13-6-4-3-5-11(13)9-16(20)22-18/h3-10,21,23-24H,2H2,1H3,(H2,20,22). The van der Waals surface area contributed by atoms with Gasteiger partial charge in [-0.2, -0.15) is 0 Å². The Kier molecular flexibility index (Phi) is 3.92. The Morgan fingerprint density at radius 2 is 1.93 bits per heavy atom. The molecule has 5 N–H and O–H groups in total. The molecule has 0 fully saturated rings. The van der Waals surface area contributed by atoms with E-state index in [4.69, 9.17) is 5.73 Å². The molecule has 0 amide bonds. The quantitative estimate of drug-likeness (QED) is 0.431. The fourth-order valence-electron chi connectivity index (χ4n) is 3.14. The van der Waals surface area contributed by atoms with Crippen molar-refractivity contribution in [2.24, 2.45) is 0 Å². The Hall–Kier alpha value is -3.26. The minimum absolute atomic E-state index is 0.0301. The van der Waals surface area contributed by atoms with Crippen molar-refractivity contribution in [2.45, 2.75) is 6.92 Å². The summed E-state index contributed by atoms with van der Waals surface area (Å²) in [6.07, 6.45) is 0. The number of nitrogens with zero attached hydrogens (tertiary/aromatic N) is 1. The lowest BCUT2D eigenvalue weighted by atomic mass is 10.0. The lowest BCUT2D eigenvalue weighted by molar-refractivity contribution is 0.460. The van der Waals surface area contributed by atoms with Gasteiger partial charge in [0.2, 0.25) is 10.0 Å². The van der Waals surface area contributed by atoms with Crippen molar-refractivity contribution in [1.82, 2.24) is 9.97 Å². The number of aromatic amines is 1. The van der Waals surface area contributed by atoms with E-state index >= 15 is 0 Å². The van der Waals surface area contributed by atoms with E-state index in [1.54, 1.807) is 31.2 Å². The van der Waals surface area contributed by atoms with Crippen LogP contribution in [-0.2, 0) is 10.0 Å². The summed E-state index contributed by atoms with van der Waals surface area (Å²) in [6.45, 7) is 1.57. The molecule has 0 aliphatic heterocycles. The molecule has 0 saturated carbocycles. The molecule has 0 atom stereocenters. The molecular weight excluding hydrogens is 364 g/mol. The van der Waals surface area contributed by atoms with Gasteiger partial charge in [0.1, 0.15) is 5.82 Å².